The van der Waals surface area contributed by atoms with E-state index in [2.05, 4.69) is 0 Å². The minimum Gasteiger partial charge on any atom is -0.547 e. The number of carbonyl (C=O) groups excluding carboxylic acids is 2. The third kappa shape index (κ3) is 19.1. The van der Waals surface area contributed by atoms with Gasteiger partial charge in [-0.3, -0.25) is 0 Å². The summed E-state index contributed by atoms with van der Waals surface area (Å²) >= 11 is 0. The van der Waals surface area contributed by atoms with E-state index in [-0.39, 0.29) is 65.1 Å². The fourth-order valence-corrected chi connectivity index (χ4v) is 1.32. The smallest absolute Gasteiger partial charge is 0.547 e. The molecule has 0 saturated carbocycles. The third-order valence-corrected chi connectivity index (χ3v) is 2.99. The van der Waals surface area contributed by atoms with Crippen LogP contribution >= 0.6 is 0 Å². The van der Waals surface area contributed by atoms with E-state index in [4.69, 9.17) is 51.1 Å². The molecule has 0 unspecified atom stereocenters. The maximum absolute atomic E-state index is 9.98. The van der Waals surface area contributed by atoms with Crippen molar-refractivity contribution in [1.82, 2.24) is 0 Å². The first-order valence-corrected chi connectivity index (χ1v) is 6.91. The van der Waals surface area contributed by atoms with Crippen LogP contribution in [0.4, 0.5) is 0 Å². The number of aliphatic hydroxyl groups excluding tert-OH is 10. The van der Waals surface area contributed by atoms with Crippen molar-refractivity contribution in [2.75, 3.05) is 13.2 Å². The summed E-state index contributed by atoms with van der Waals surface area (Å²) in [7, 11) is 0. The molecule has 0 aliphatic rings. The van der Waals surface area contributed by atoms with Gasteiger partial charge in [0, 0.05) is 0 Å². The average Bonchev–Trinajstić information content (AvgIpc) is 2.62. The van der Waals surface area contributed by atoms with Crippen molar-refractivity contribution in [2.24, 2.45) is 0 Å². The van der Waals surface area contributed by atoms with Crippen molar-refractivity contribution in [2.45, 2.75) is 48.8 Å². The number of rotatable bonds is 10. The first kappa shape index (κ1) is 53.1. The Balaban J connectivity index is -0.0000000505. The maximum Gasteiger partial charge on any atom is 2.00 e. The standard InChI is InChI=1S/2C6H12O7.Ca.5H2O/c2*7-1-2(8)3(9)4(10)5(11)6(12)13;;;;;;/h2*2-5,7-11H,1H2,(H,12,13);;5*1H2/q;;+2;;;;;/p-2/t2*2-,3+,4+,5-;;;;;;/m11....../s1. The van der Waals surface area contributed by atoms with E-state index in [0.29, 0.717) is 0 Å². The van der Waals surface area contributed by atoms with Gasteiger partial charge in [-0.15, -0.1) is 0 Å². The van der Waals surface area contributed by atoms with Gasteiger partial charge in [0.25, 0.3) is 0 Å². The summed E-state index contributed by atoms with van der Waals surface area (Å²) in [6.45, 7) is -1.73. The topological polar surface area (TPSA) is 440 Å². The van der Waals surface area contributed by atoms with Gasteiger partial charge in [-0.25, -0.2) is 0 Å². The SMILES string of the molecule is O.O.O.O.O.O=C([O-])[C@H](O)[C@@H](O)[C@@H](O)[C@H](O)CO.O=C([O-])[C@H](O)[C@@H](O)[C@@H](O)[C@H](O)CO.[Ca+2]. The molecule has 0 radical (unpaired) electrons. The fraction of sp³-hybridized carbons (Fsp3) is 0.833. The zero-order valence-electron chi connectivity index (χ0n) is 16.3. The van der Waals surface area contributed by atoms with Gasteiger partial charge in [0.1, 0.15) is 48.8 Å². The maximum atomic E-state index is 9.98. The van der Waals surface area contributed by atoms with Crippen LogP contribution in [-0.4, -0.2) is 190 Å². The van der Waals surface area contributed by atoms with Crippen molar-refractivity contribution in [3.63, 3.8) is 0 Å². The molecule has 20 N–H and O–H groups in total. The van der Waals surface area contributed by atoms with E-state index in [1.165, 1.54) is 0 Å². The van der Waals surface area contributed by atoms with Crippen LogP contribution in [-0.2, 0) is 9.59 Å². The molecule has 0 spiro atoms. The summed E-state index contributed by atoms with van der Waals surface area (Å²) in [5, 5.41) is 107. The van der Waals surface area contributed by atoms with Crippen LogP contribution in [0.3, 0.4) is 0 Å². The summed E-state index contributed by atoms with van der Waals surface area (Å²) in [5.41, 5.74) is 0. The first-order valence-electron chi connectivity index (χ1n) is 6.91. The van der Waals surface area contributed by atoms with E-state index in [1.807, 2.05) is 0 Å². The van der Waals surface area contributed by atoms with Crippen LogP contribution in [0.1, 0.15) is 0 Å². The Morgan fingerprint density at radius 2 is 0.719 bits per heavy atom. The third-order valence-electron chi connectivity index (χ3n) is 2.99. The number of carboxylic acid groups (broad SMARTS) is 2. The molecule has 0 fully saturated rings. The Morgan fingerprint density at radius 1 is 0.531 bits per heavy atom. The molecule has 0 heterocycles. The Labute approximate surface area is 209 Å². The zero-order valence-corrected chi connectivity index (χ0v) is 18.6. The normalized spacial score (nSPS) is 16.6. The average molecular weight is 520 g/mol. The Morgan fingerprint density at radius 3 is 0.844 bits per heavy atom. The minimum absolute atomic E-state index is 0. The van der Waals surface area contributed by atoms with Gasteiger partial charge in [-0.05, 0) is 0 Å². The zero-order chi connectivity index (χ0) is 21.2. The molecule has 0 rings (SSSR count). The summed E-state index contributed by atoms with van der Waals surface area (Å²) in [6, 6.07) is 0. The second-order valence-corrected chi connectivity index (χ2v) is 4.99. The second kappa shape index (κ2) is 26.8. The van der Waals surface area contributed by atoms with Crippen molar-refractivity contribution in [3.8, 4) is 0 Å². The molecule has 0 aromatic carbocycles. The Kier molecular flexibility index (Phi) is 44.6. The summed E-state index contributed by atoms with van der Waals surface area (Å²) in [6.07, 6.45) is -16.2. The minimum atomic E-state index is -2.31. The number of aliphatic hydroxyl groups is 10. The molecule has 0 aromatic rings. The summed E-state index contributed by atoms with van der Waals surface area (Å²) in [4.78, 5) is 20.0. The van der Waals surface area contributed by atoms with Crippen LogP contribution < -0.4 is 10.2 Å². The summed E-state index contributed by atoms with van der Waals surface area (Å²) < 4.78 is 0. The van der Waals surface area contributed by atoms with Crippen LogP contribution in [0.5, 0.6) is 0 Å². The van der Waals surface area contributed by atoms with E-state index in [0.717, 1.165) is 0 Å². The Bertz CT molecular complexity index is 389. The molecular formula is C12H32CaO19. The molecule has 0 amide bonds. The second-order valence-electron chi connectivity index (χ2n) is 4.99. The van der Waals surface area contributed by atoms with E-state index in [9.17, 15) is 19.8 Å². The molecule has 0 saturated heterocycles. The molecule has 32 heavy (non-hydrogen) atoms. The van der Waals surface area contributed by atoms with Crippen LogP contribution in [0.15, 0.2) is 0 Å². The van der Waals surface area contributed by atoms with Crippen LogP contribution in [0.25, 0.3) is 0 Å². The van der Waals surface area contributed by atoms with Crippen molar-refractivity contribution in [3.05, 3.63) is 0 Å². The van der Waals surface area contributed by atoms with Gasteiger partial charge in [-0.2, -0.15) is 0 Å². The van der Waals surface area contributed by atoms with Gasteiger partial charge in [-0.1, -0.05) is 0 Å². The summed E-state index contributed by atoms with van der Waals surface area (Å²) in [5.74, 6) is -3.95. The molecule has 0 aromatic heterocycles. The largest absolute Gasteiger partial charge is 2.00 e. The molecule has 196 valence electrons. The van der Waals surface area contributed by atoms with Crippen LogP contribution in [0, 0.1) is 0 Å². The monoisotopic (exact) mass is 520 g/mol. The van der Waals surface area contributed by atoms with E-state index >= 15 is 0 Å². The van der Waals surface area contributed by atoms with Gasteiger partial charge in [0.2, 0.25) is 0 Å². The van der Waals surface area contributed by atoms with Crippen molar-refractivity contribution in [1.29, 1.82) is 0 Å². The van der Waals surface area contributed by atoms with Gasteiger partial charge >= 0.3 is 37.7 Å². The van der Waals surface area contributed by atoms with Crippen LogP contribution in [0.2, 0.25) is 0 Å². The number of carboxylic acids is 2. The molecule has 0 aliphatic heterocycles. The number of carbonyl (C=O) groups is 2. The van der Waals surface area contributed by atoms with Gasteiger partial charge in [0.05, 0.1) is 25.2 Å². The molecule has 19 nitrogen and oxygen atoms in total. The molecular weight excluding hydrogens is 488 g/mol. The first-order chi connectivity index (χ1) is 11.8. The molecule has 0 bridgehead atoms. The fourth-order valence-electron chi connectivity index (χ4n) is 1.32. The Hall–Kier alpha value is -0.400. The number of hydrogen-bond donors (Lipinski definition) is 10. The number of hydrogen-bond acceptors (Lipinski definition) is 14. The molecule has 0 aliphatic carbocycles. The van der Waals surface area contributed by atoms with Crippen molar-refractivity contribution < 1.29 is 98.2 Å². The quantitative estimate of drug-likeness (QED) is 0.119. The van der Waals surface area contributed by atoms with E-state index in [1.54, 1.807) is 0 Å². The predicted molar refractivity (Wildman–Crippen MR) is 96.1 cm³/mol. The predicted octanol–water partition coefficient (Wildman–Crippen LogP) is -14.2. The number of aliphatic carboxylic acids is 2. The van der Waals surface area contributed by atoms with E-state index < -0.39 is 74.0 Å². The van der Waals surface area contributed by atoms with Gasteiger partial charge < -0.3 is 98.2 Å². The van der Waals surface area contributed by atoms with Crippen molar-refractivity contribution >= 4 is 49.7 Å². The molecule has 20 heteroatoms. The van der Waals surface area contributed by atoms with Gasteiger partial charge in [0.15, 0.2) is 0 Å². The molecule has 8 atom stereocenters.